The zero-order valence-corrected chi connectivity index (χ0v) is 11.9. The molecule has 5 heteroatoms. The molecule has 0 aromatic heterocycles. The van der Waals surface area contributed by atoms with E-state index in [4.69, 9.17) is 9.47 Å². The first kappa shape index (κ1) is 13.2. The third-order valence-corrected chi connectivity index (χ3v) is 4.23. The van der Waals surface area contributed by atoms with Crippen LogP contribution in [0.5, 0.6) is 11.5 Å². The number of ether oxygens (including phenoxy) is 2. The Bertz CT molecular complexity index is 480. The quantitative estimate of drug-likeness (QED) is 0.928. The molecule has 0 bridgehead atoms. The topological polar surface area (TPSA) is 55.8 Å². The first-order valence-corrected chi connectivity index (χ1v) is 6.50. The standard InChI is InChI=1S/C13H15BrO4/c1-17-10-8(4-5-9(14)11(10)18-2)13(12(15)16)6-3-7-13/h4-5H,3,6-7H2,1-2H3,(H,15,16). The van der Waals surface area contributed by atoms with Crippen LogP contribution in [0.1, 0.15) is 24.8 Å². The minimum Gasteiger partial charge on any atom is -0.492 e. The number of aliphatic carboxylic acids is 1. The van der Waals surface area contributed by atoms with Gasteiger partial charge < -0.3 is 14.6 Å². The van der Waals surface area contributed by atoms with E-state index in [-0.39, 0.29) is 0 Å². The third-order valence-electron chi connectivity index (χ3n) is 3.60. The molecule has 98 valence electrons. The number of carboxylic acids is 1. The van der Waals surface area contributed by atoms with Crippen LogP contribution >= 0.6 is 15.9 Å². The second kappa shape index (κ2) is 4.80. The molecule has 1 aromatic carbocycles. The van der Waals surface area contributed by atoms with Gasteiger partial charge in [-0.15, -0.1) is 0 Å². The van der Waals surface area contributed by atoms with E-state index in [1.165, 1.54) is 7.11 Å². The molecule has 0 radical (unpaired) electrons. The Morgan fingerprint density at radius 2 is 1.89 bits per heavy atom. The van der Waals surface area contributed by atoms with E-state index in [9.17, 15) is 9.90 Å². The van der Waals surface area contributed by atoms with Gasteiger partial charge >= 0.3 is 5.97 Å². The lowest BCUT2D eigenvalue weighted by molar-refractivity contribution is -0.147. The highest BCUT2D eigenvalue weighted by molar-refractivity contribution is 9.10. The molecular weight excluding hydrogens is 300 g/mol. The van der Waals surface area contributed by atoms with E-state index in [0.29, 0.717) is 29.9 Å². The molecule has 1 fully saturated rings. The Morgan fingerprint density at radius 3 is 2.28 bits per heavy atom. The zero-order chi connectivity index (χ0) is 13.3. The highest BCUT2D eigenvalue weighted by Gasteiger charge is 2.48. The Labute approximate surface area is 114 Å². The number of rotatable bonds is 4. The van der Waals surface area contributed by atoms with E-state index in [1.54, 1.807) is 19.2 Å². The molecule has 1 aliphatic carbocycles. The van der Waals surface area contributed by atoms with Gasteiger partial charge in [-0.3, -0.25) is 4.79 Å². The van der Waals surface area contributed by atoms with E-state index >= 15 is 0 Å². The van der Waals surface area contributed by atoms with Crippen LogP contribution in [0.25, 0.3) is 0 Å². The fourth-order valence-corrected chi connectivity index (χ4v) is 2.91. The van der Waals surface area contributed by atoms with Gasteiger partial charge in [0.2, 0.25) is 0 Å². The number of benzene rings is 1. The predicted molar refractivity (Wildman–Crippen MR) is 70.4 cm³/mol. The maximum Gasteiger partial charge on any atom is 0.314 e. The van der Waals surface area contributed by atoms with Gasteiger partial charge in [0.05, 0.1) is 24.1 Å². The number of hydrogen-bond donors (Lipinski definition) is 1. The summed E-state index contributed by atoms with van der Waals surface area (Å²) in [5.41, 5.74) is -0.122. The first-order chi connectivity index (χ1) is 8.56. The average molecular weight is 315 g/mol. The molecule has 0 amide bonds. The van der Waals surface area contributed by atoms with Gasteiger partial charge in [0.25, 0.3) is 0 Å². The summed E-state index contributed by atoms with van der Waals surface area (Å²) in [6, 6.07) is 3.61. The number of halogens is 1. The van der Waals surface area contributed by atoms with Gasteiger partial charge in [-0.05, 0) is 34.8 Å². The molecule has 2 rings (SSSR count). The molecule has 4 nitrogen and oxygen atoms in total. The summed E-state index contributed by atoms with van der Waals surface area (Å²) in [5, 5.41) is 9.48. The van der Waals surface area contributed by atoms with Crippen molar-refractivity contribution >= 4 is 21.9 Å². The molecule has 1 N–H and O–H groups in total. The van der Waals surface area contributed by atoms with E-state index in [1.807, 2.05) is 0 Å². The summed E-state index contributed by atoms with van der Waals surface area (Å²) in [5.74, 6) is 0.257. The van der Waals surface area contributed by atoms with Crippen LogP contribution < -0.4 is 9.47 Å². The van der Waals surface area contributed by atoms with Crippen molar-refractivity contribution in [3.8, 4) is 11.5 Å². The van der Waals surface area contributed by atoms with Crippen molar-refractivity contribution in [1.82, 2.24) is 0 Å². The lowest BCUT2D eigenvalue weighted by Gasteiger charge is -2.39. The van der Waals surface area contributed by atoms with Crippen molar-refractivity contribution in [3.05, 3.63) is 22.2 Å². The van der Waals surface area contributed by atoms with Crippen molar-refractivity contribution in [2.75, 3.05) is 14.2 Å². The maximum atomic E-state index is 11.5. The van der Waals surface area contributed by atoms with Crippen LogP contribution in [0.4, 0.5) is 0 Å². The van der Waals surface area contributed by atoms with Crippen molar-refractivity contribution in [1.29, 1.82) is 0 Å². The van der Waals surface area contributed by atoms with Crippen molar-refractivity contribution in [3.63, 3.8) is 0 Å². The van der Waals surface area contributed by atoms with Gasteiger partial charge in [0.1, 0.15) is 0 Å². The fourth-order valence-electron chi connectivity index (χ4n) is 2.44. The summed E-state index contributed by atoms with van der Waals surface area (Å²) in [6.45, 7) is 0. The number of hydrogen-bond acceptors (Lipinski definition) is 3. The van der Waals surface area contributed by atoms with E-state index in [0.717, 1.165) is 10.9 Å². The van der Waals surface area contributed by atoms with Gasteiger partial charge in [-0.2, -0.15) is 0 Å². The van der Waals surface area contributed by atoms with Gasteiger partial charge in [0.15, 0.2) is 11.5 Å². The molecule has 0 saturated heterocycles. The Balaban J connectivity index is 2.61. The summed E-state index contributed by atoms with van der Waals surface area (Å²) < 4.78 is 11.4. The van der Waals surface area contributed by atoms with Crippen LogP contribution in [0.15, 0.2) is 16.6 Å². The summed E-state index contributed by atoms with van der Waals surface area (Å²) in [7, 11) is 3.07. The Kier molecular flexibility index (Phi) is 3.52. The van der Waals surface area contributed by atoms with E-state index in [2.05, 4.69) is 15.9 Å². The first-order valence-electron chi connectivity index (χ1n) is 5.71. The maximum absolute atomic E-state index is 11.5. The summed E-state index contributed by atoms with van der Waals surface area (Å²) in [4.78, 5) is 11.5. The van der Waals surface area contributed by atoms with Crippen molar-refractivity contribution < 1.29 is 19.4 Å². The molecule has 1 saturated carbocycles. The smallest absolute Gasteiger partial charge is 0.314 e. The largest absolute Gasteiger partial charge is 0.492 e. The minimum atomic E-state index is -0.820. The summed E-state index contributed by atoms with van der Waals surface area (Å²) >= 11 is 3.37. The highest BCUT2D eigenvalue weighted by atomic mass is 79.9. The van der Waals surface area contributed by atoms with Gasteiger partial charge in [-0.25, -0.2) is 0 Å². The second-order valence-electron chi connectivity index (χ2n) is 4.40. The number of carbonyl (C=O) groups is 1. The molecule has 18 heavy (non-hydrogen) atoms. The molecular formula is C13H15BrO4. The normalized spacial score (nSPS) is 16.8. The second-order valence-corrected chi connectivity index (χ2v) is 5.26. The van der Waals surface area contributed by atoms with E-state index < -0.39 is 11.4 Å². The van der Waals surface area contributed by atoms with Crippen LogP contribution in [0.2, 0.25) is 0 Å². The SMILES string of the molecule is COc1c(Br)ccc(C2(C(=O)O)CCC2)c1OC. The van der Waals surface area contributed by atoms with Gasteiger partial charge in [0, 0.05) is 5.56 Å². The molecule has 0 aliphatic heterocycles. The molecule has 0 spiro atoms. The zero-order valence-electron chi connectivity index (χ0n) is 10.3. The molecule has 0 atom stereocenters. The monoisotopic (exact) mass is 314 g/mol. The molecule has 1 aromatic rings. The minimum absolute atomic E-state index is 0.508. The lowest BCUT2D eigenvalue weighted by atomic mass is 9.64. The predicted octanol–water partition coefficient (Wildman–Crippen LogP) is 2.97. The van der Waals surface area contributed by atoms with Crippen LogP contribution in [-0.4, -0.2) is 25.3 Å². The molecule has 0 heterocycles. The van der Waals surface area contributed by atoms with Gasteiger partial charge in [-0.1, -0.05) is 12.5 Å². The fraction of sp³-hybridized carbons (Fsp3) is 0.462. The molecule has 0 unspecified atom stereocenters. The number of carboxylic acid groups (broad SMARTS) is 1. The highest BCUT2D eigenvalue weighted by Crippen LogP contribution is 2.51. The Hall–Kier alpha value is -1.23. The molecule has 1 aliphatic rings. The third kappa shape index (κ3) is 1.77. The van der Waals surface area contributed by atoms with Crippen molar-refractivity contribution in [2.24, 2.45) is 0 Å². The van der Waals surface area contributed by atoms with Crippen LogP contribution in [-0.2, 0) is 10.2 Å². The lowest BCUT2D eigenvalue weighted by Crippen LogP contribution is -2.42. The number of methoxy groups -OCH3 is 2. The van der Waals surface area contributed by atoms with Crippen LogP contribution in [0.3, 0.4) is 0 Å². The average Bonchev–Trinajstić information content (AvgIpc) is 2.28. The summed E-state index contributed by atoms with van der Waals surface area (Å²) in [6.07, 6.45) is 2.21. The Morgan fingerprint density at radius 1 is 1.28 bits per heavy atom. The van der Waals surface area contributed by atoms with Crippen molar-refractivity contribution in [2.45, 2.75) is 24.7 Å². The van der Waals surface area contributed by atoms with Crippen LogP contribution in [0, 0.1) is 0 Å².